The fourth-order valence-corrected chi connectivity index (χ4v) is 2.51. The van der Waals surface area contributed by atoms with E-state index < -0.39 is 0 Å². The molecule has 0 unspecified atom stereocenters. The lowest BCUT2D eigenvalue weighted by Crippen LogP contribution is -2.20. The maximum Gasteiger partial charge on any atom is 0.257 e. The largest absolute Gasteiger partial charge is 0.355 e. The van der Waals surface area contributed by atoms with E-state index in [-0.39, 0.29) is 16.8 Å². The van der Waals surface area contributed by atoms with E-state index in [2.05, 4.69) is 10.6 Å². The minimum Gasteiger partial charge on any atom is -0.355 e. The van der Waals surface area contributed by atoms with E-state index in [4.69, 9.17) is 23.2 Å². The molecule has 0 fully saturated rings. The minimum absolute atomic E-state index is 0.210. The Morgan fingerprint density at radius 2 is 1.73 bits per heavy atom. The number of anilines is 1. The maximum atomic E-state index is 12.3. The highest BCUT2D eigenvalue weighted by Crippen LogP contribution is 2.24. The summed E-state index contributed by atoms with van der Waals surface area (Å²) >= 11 is 11.8. The van der Waals surface area contributed by atoms with Crippen LogP contribution >= 0.6 is 23.2 Å². The Morgan fingerprint density at radius 3 is 2.36 bits per heavy atom. The lowest BCUT2D eigenvalue weighted by molar-refractivity contribution is 0.0960. The lowest BCUT2D eigenvalue weighted by Gasteiger charge is -2.12. The number of rotatable bonds is 3. The average Bonchev–Trinajstić information content (AvgIpc) is 2.48. The molecule has 0 aliphatic heterocycles. The van der Waals surface area contributed by atoms with E-state index in [1.54, 1.807) is 44.3 Å². The number of hydrogen-bond acceptors (Lipinski definition) is 2. The van der Waals surface area contributed by atoms with Gasteiger partial charge in [0, 0.05) is 23.3 Å². The van der Waals surface area contributed by atoms with Crippen molar-refractivity contribution in [3.05, 3.63) is 63.1 Å². The van der Waals surface area contributed by atoms with Gasteiger partial charge in [-0.15, -0.1) is 0 Å². The van der Waals surface area contributed by atoms with Crippen molar-refractivity contribution in [3.8, 4) is 0 Å². The highest BCUT2D eigenvalue weighted by Gasteiger charge is 2.15. The molecule has 0 radical (unpaired) electrons. The molecule has 114 valence electrons. The van der Waals surface area contributed by atoms with E-state index >= 15 is 0 Å². The van der Waals surface area contributed by atoms with Gasteiger partial charge in [-0.25, -0.2) is 0 Å². The molecule has 0 aromatic heterocycles. The van der Waals surface area contributed by atoms with Gasteiger partial charge in [-0.1, -0.05) is 29.3 Å². The van der Waals surface area contributed by atoms with Crippen molar-refractivity contribution in [1.82, 2.24) is 5.32 Å². The van der Waals surface area contributed by atoms with Crippen molar-refractivity contribution in [2.45, 2.75) is 6.92 Å². The van der Waals surface area contributed by atoms with E-state index in [9.17, 15) is 9.59 Å². The van der Waals surface area contributed by atoms with Gasteiger partial charge < -0.3 is 10.6 Å². The Morgan fingerprint density at radius 1 is 1.00 bits per heavy atom. The Balaban J connectivity index is 2.31. The molecule has 0 heterocycles. The van der Waals surface area contributed by atoms with E-state index in [0.29, 0.717) is 27.4 Å². The monoisotopic (exact) mass is 336 g/mol. The highest BCUT2D eigenvalue weighted by molar-refractivity contribution is 6.37. The van der Waals surface area contributed by atoms with Gasteiger partial charge >= 0.3 is 0 Å². The highest BCUT2D eigenvalue weighted by atomic mass is 35.5. The summed E-state index contributed by atoms with van der Waals surface area (Å²) < 4.78 is 0. The topological polar surface area (TPSA) is 58.2 Å². The van der Waals surface area contributed by atoms with Crippen molar-refractivity contribution >= 4 is 40.7 Å². The first-order valence-electron chi connectivity index (χ1n) is 6.52. The summed E-state index contributed by atoms with van der Waals surface area (Å²) in [5.41, 5.74) is 2.05. The fourth-order valence-electron chi connectivity index (χ4n) is 2.01. The van der Waals surface area contributed by atoms with Crippen LogP contribution in [0.3, 0.4) is 0 Å². The summed E-state index contributed by atoms with van der Waals surface area (Å²) in [7, 11) is 1.56. The maximum absolute atomic E-state index is 12.3. The number of hydrogen-bond donors (Lipinski definition) is 2. The first-order chi connectivity index (χ1) is 10.4. The molecule has 22 heavy (non-hydrogen) atoms. The molecule has 2 rings (SSSR count). The summed E-state index contributed by atoms with van der Waals surface area (Å²) in [5.74, 6) is -0.572. The zero-order chi connectivity index (χ0) is 16.3. The molecule has 0 aliphatic rings. The van der Waals surface area contributed by atoms with Crippen molar-refractivity contribution in [3.63, 3.8) is 0 Å². The number of carbonyl (C=O) groups is 2. The van der Waals surface area contributed by atoms with Crippen molar-refractivity contribution in [1.29, 1.82) is 0 Å². The quantitative estimate of drug-likeness (QED) is 0.892. The van der Waals surface area contributed by atoms with Gasteiger partial charge in [-0.05, 0) is 42.8 Å². The minimum atomic E-state index is -0.362. The molecule has 0 spiro atoms. The SMILES string of the molecule is CNC(=O)c1cccc(NC(=O)c2ccc(Cl)cc2Cl)c1C. The van der Waals surface area contributed by atoms with Gasteiger partial charge in [-0.3, -0.25) is 9.59 Å². The molecule has 4 nitrogen and oxygen atoms in total. The molecule has 2 amide bonds. The molecule has 0 bridgehead atoms. The van der Waals surface area contributed by atoms with Gasteiger partial charge in [0.25, 0.3) is 11.8 Å². The molecular formula is C16H14Cl2N2O2. The Kier molecular flexibility index (Phi) is 5.06. The molecule has 0 saturated carbocycles. The second-order valence-electron chi connectivity index (χ2n) is 4.64. The molecule has 2 N–H and O–H groups in total. The molecular weight excluding hydrogens is 323 g/mol. The predicted molar refractivity (Wildman–Crippen MR) is 89.0 cm³/mol. The molecule has 6 heteroatoms. The second-order valence-corrected chi connectivity index (χ2v) is 5.48. The predicted octanol–water partition coefficient (Wildman–Crippen LogP) is 3.91. The second kappa shape index (κ2) is 6.81. The summed E-state index contributed by atoms with van der Waals surface area (Å²) in [6, 6.07) is 9.78. The van der Waals surface area contributed by atoms with Crippen LogP contribution in [0, 0.1) is 6.92 Å². The van der Waals surface area contributed by atoms with E-state index in [1.807, 2.05) is 0 Å². The summed E-state index contributed by atoms with van der Waals surface area (Å²) in [5, 5.41) is 6.05. The Hall–Kier alpha value is -2.04. The van der Waals surface area contributed by atoms with Crippen LogP contribution < -0.4 is 10.6 Å². The standard InChI is InChI=1S/C16H14Cl2N2O2/c1-9-11(15(21)19-2)4-3-5-14(9)20-16(22)12-7-6-10(17)8-13(12)18/h3-8H,1-2H3,(H,19,21)(H,20,22). The summed E-state index contributed by atoms with van der Waals surface area (Å²) in [4.78, 5) is 24.1. The van der Waals surface area contributed by atoms with Crippen molar-refractivity contribution in [2.75, 3.05) is 12.4 Å². The fraction of sp³-hybridized carbons (Fsp3) is 0.125. The van der Waals surface area contributed by atoms with Gasteiger partial charge in [0.1, 0.15) is 0 Å². The third kappa shape index (κ3) is 3.40. The number of amides is 2. The van der Waals surface area contributed by atoms with Gasteiger partial charge in [-0.2, -0.15) is 0 Å². The van der Waals surface area contributed by atoms with Crippen molar-refractivity contribution in [2.24, 2.45) is 0 Å². The molecule has 2 aromatic rings. The van der Waals surface area contributed by atoms with Crippen LogP contribution in [0.5, 0.6) is 0 Å². The molecule has 2 aromatic carbocycles. The van der Waals surface area contributed by atoms with Crippen LogP contribution in [0.1, 0.15) is 26.3 Å². The normalized spacial score (nSPS) is 10.2. The van der Waals surface area contributed by atoms with Gasteiger partial charge in [0.15, 0.2) is 0 Å². The Bertz CT molecular complexity index is 745. The van der Waals surface area contributed by atoms with Gasteiger partial charge in [0.05, 0.1) is 10.6 Å². The molecule has 0 atom stereocenters. The zero-order valence-corrected chi connectivity index (χ0v) is 13.5. The summed E-state index contributed by atoms with van der Waals surface area (Å²) in [6.45, 7) is 1.77. The van der Waals surface area contributed by atoms with Gasteiger partial charge in [0.2, 0.25) is 0 Å². The first kappa shape index (κ1) is 16.3. The Labute approximate surface area is 138 Å². The number of benzene rings is 2. The number of carbonyl (C=O) groups excluding carboxylic acids is 2. The third-order valence-electron chi connectivity index (χ3n) is 3.23. The number of nitrogens with one attached hydrogen (secondary N) is 2. The molecule has 0 saturated heterocycles. The third-order valence-corrected chi connectivity index (χ3v) is 3.78. The zero-order valence-electron chi connectivity index (χ0n) is 12.0. The van der Waals surface area contributed by atoms with Crippen LogP contribution in [-0.4, -0.2) is 18.9 Å². The summed E-state index contributed by atoms with van der Waals surface area (Å²) in [6.07, 6.45) is 0. The first-order valence-corrected chi connectivity index (χ1v) is 7.27. The molecule has 0 aliphatic carbocycles. The van der Waals surface area contributed by atoms with Crippen LogP contribution in [0.4, 0.5) is 5.69 Å². The van der Waals surface area contributed by atoms with Crippen LogP contribution in [0.2, 0.25) is 10.0 Å². The van der Waals surface area contributed by atoms with Crippen LogP contribution in [0.25, 0.3) is 0 Å². The number of halogens is 2. The average molecular weight is 337 g/mol. The smallest absolute Gasteiger partial charge is 0.257 e. The van der Waals surface area contributed by atoms with Crippen LogP contribution in [-0.2, 0) is 0 Å². The van der Waals surface area contributed by atoms with E-state index in [0.717, 1.165) is 0 Å². The lowest BCUT2D eigenvalue weighted by atomic mass is 10.1. The van der Waals surface area contributed by atoms with Crippen molar-refractivity contribution < 1.29 is 9.59 Å². The van der Waals surface area contributed by atoms with Crippen LogP contribution in [0.15, 0.2) is 36.4 Å². The van der Waals surface area contributed by atoms with E-state index in [1.165, 1.54) is 6.07 Å².